The second kappa shape index (κ2) is 5.06. The van der Waals surface area contributed by atoms with Crippen LogP contribution in [0.2, 0.25) is 0 Å². The van der Waals surface area contributed by atoms with Crippen molar-refractivity contribution >= 4 is 22.8 Å². The lowest BCUT2D eigenvalue weighted by molar-refractivity contribution is 0.0642. The van der Waals surface area contributed by atoms with Gasteiger partial charge in [-0.05, 0) is 29.8 Å². The van der Waals surface area contributed by atoms with Gasteiger partial charge in [0, 0.05) is 17.5 Å². The third-order valence-corrected chi connectivity index (χ3v) is 4.02. The number of amides is 2. The maximum absolute atomic E-state index is 12.5. The van der Waals surface area contributed by atoms with Gasteiger partial charge in [0.15, 0.2) is 0 Å². The maximum atomic E-state index is 12.5. The highest BCUT2D eigenvalue weighted by Crippen LogP contribution is 2.27. The van der Waals surface area contributed by atoms with Gasteiger partial charge in [0.05, 0.1) is 17.7 Å². The van der Waals surface area contributed by atoms with Crippen LogP contribution in [0.25, 0.3) is 11.0 Å². The number of aromatic hydroxyl groups is 1. The molecule has 1 aromatic heterocycles. The first-order valence-electron chi connectivity index (χ1n) is 7.25. The first-order valence-corrected chi connectivity index (χ1v) is 7.25. The third kappa shape index (κ3) is 2.08. The molecule has 2 heterocycles. The predicted molar refractivity (Wildman–Crippen MR) is 84.8 cm³/mol. The molecule has 3 aromatic rings. The SMILES string of the molecule is O=C1c2ccccc2C(=O)N1Cc1cc(=O)oc2cc(O)ccc12. The molecule has 0 saturated carbocycles. The van der Waals surface area contributed by atoms with E-state index < -0.39 is 17.4 Å². The zero-order chi connectivity index (χ0) is 16.8. The minimum Gasteiger partial charge on any atom is -0.508 e. The lowest BCUT2D eigenvalue weighted by Crippen LogP contribution is -2.29. The molecule has 0 radical (unpaired) electrons. The molecule has 1 aliphatic rings. The van der Waals surface area contributed by atoms with Crippen LogP contribution in [0.3, 0.4) is 0 Å². The van der Waals surface area contributed by atoms with Crippen LogP contribution in [-0.2, 0) is 6.54 Å². The molecule has 2 amide bonds. The van der Waals surface area contributed by atoms with E-state index in [-0.39, 0.29) is 17.9 Å². The van der Waals surface area contributed by atoms with Crippen LogP contribution in [0.4, 0.5) is 0 Å². The van der Waals surface area contributed by atoms with Gasteiger partial charge < -0.3 is 9.52 Å². The Morgan fingerprint density at radius 1 is 0.917 bits per heavy atom. The van der Waals surface area contributed by atoms with Crippen molar-refractivity contribution in [3.8, 4) is 5.75 Å². The number of nitrogens with zero attached hydrogens (tertiary/aromatic N) is 1. The fourth-order valence-corrected chi connectivity index (χ4v) is 2.90. The number of hydrogen-bond acceptors (Lipinski definition) is 5. The van der Waals surface area contributed by atoms with Crippen LogP contribution in [0.15, 0.2) is 57.7 Å². The molecule has 1 aliphatic heterocycles. The van der Waals surface area contributed by atoms with Crippen molar-refractivity contribution in [3.63, 3.8) is 0 Å². The summed E-state index contributed by atoms with van der Waals surface area (Å²) < 4.78 is 5.06. The van der Waals surface area contributed by atoms with Gasteiger partial charge in [0.1, 0.15) is 11.3 Å². The second-order valence-corrected chi connectivity index (χ2v) is 5.51. The van der Waals surface area contributed by atoms with E-state index in [0.717, 1.165) is 4.90 Å². The molecule has 1 N–H and O–H groups in total. The van der Waals surface area contributed by atoms with E-state index in [1.165, 1.54) is 18.2 Å². The molecule has 0 fully saturated rings. The van der Waals surface area contributed by atoms with Gasteiger partial charge in [-0.3, -0.25) is 14.5 Å². The number of fused-ring (bicyclic) bond motifs is 2. The van der Waals surface area contributed by atoms with Crippen molar-refractivity contribution in [2.75, 3.05) is 0 Å². The average molecular weight is 321 g/mol. The van der Waals surface area contributed by atoms with Gasteiger partial charge in [-0.25, -0.2) is 4.79 Å². The first-order chi connectivity index (χ1) is 11.5. The zero-order valence-corrected chi connectivity index (χ0v) is 12.4. The summed E-state index contributed by atoms with van der Waals surface area (Å²) in [4.78, 5) is 37.7. The molecule has 6 heteroatoms. The van der Waals surface area contributed by atoms with Gasteiger partial charge in [-0.1, -0.05) is 12.1 Å². The molecular weight excluding hydrogens is 310 g/mol. The fraction of sp³-hybridized carbons (Fsp3) is 0.0556. The van der Waals surface area contributed by atoms with E-state index in [2.05, 4.69) is 0 Å². The van der Waals surface area contributed by atoms with Crippen molar-refractivity contribution in [2.45, 2.75) is 6.54 Å². The van der Waals surface area contributed by atoms with Crippen molar-refractivity contribution in [2.24, 2.45) is 0 Å². The lowest BCUT2D eigenvalue weighted by Gasteiger charge is -2.15. The fourth-order valence-electron chi connectivity index (χ4n) is 2.90. The van der Waals surface area contributed by atoms with E-state index in [1.807, 2.05) is 0 Å². The van der Waals surface area contributed by atoms with E-state index in [1.54, 1.807) is 30.3 Å². The van der Waals surface area contributed by atoms with Crippen LogP contribution in [0.1, 0.15) is 26.3 Å². The topological polar surface area (TPSA) is 87.8 Å². The predicted octanol–water partition coefficient (Wildman–Crippen LogP) is 2.29. The summed E-state index contributed by atoms with van der Waals surface area (Å²) in [6, 6.07) is 12.2. The number of phenolic OH excluding ortho intramolecular Hbond substituents is 1. The van der Waals surface area contributed by atoms with E-state index in [4.69, 9.17) is 4.42 Å². The van der Waals surface area contributed by atoms with Crippen LogP contribution in [-0.4, -0.2) is 21.8 Å². The second-order valence-electron chi connectivity index (χ2n) is 5.51. The van der Waals surface area contributed by atoms with Crippen molar-refractivity contribution in [1.82, 2.24) is 4.90 Å². The van der Waals surface area contributed by atoms with Gasteiger partial charge >= 0.3 is 5.63 Å². The maximum Gasteiger partial charge on any atom is 0.336 e. The molecule has 118 valence electrons. The molecule has 0 spiro atoms. The Kier molecular flexibility index (Phi) is 2.99. The smallest absolute Gasteiger partial charge is 0.336 e. The number of hydrogen-bond donors (Lipinski definition) is 1. The number of imide groups is 1. The molecule has 6 nitrogen and oxygen atoms in total. The van der Waals surface area contributed by atoms with E-state index in [9.17, 15) is 19.5 Å². The van der Waals surface area contributed by atoms with Crippen molar-refractivity contribution in [1.29, 1.82) is 0 Å². The number of benzene rings is 2. The average Bonchev–Trinajstić information content (AvgIpc) is 2.80. The molecule has 0 bridgehead atoms. The summed E-state index contributed by atoms with van der Waals surface area (Å²) in [6.45, 7) is -0.0424. The molecule has 0 atom stereocenters. The minimum atomic E-state index is -0.611. The van der Waals surface area contributed by atoms with Gasteiger partial charge in [-0.15, -0.1) is 0 Å². The standard InChI is InChI=1S/C18H11NO5/c20-11-5-6-12-10(7-16(21)24-15(12)8-11)9-19-17(22)13-3-1-2-4-14(13)18(19)23/h1-8,20H,9H2. The Hall–Kier alpha value is -3.41. The zero-order valence-electron chi connectivity index (χ0n) is 12.4. The largest absolute Gasteiger partial charge is 0.508 e. The number of rotatable bonds is 2. The van der Waals surface area contributed by atoms with E-state index >= 15 is 0 Å². The van der Waals surface area contributed by atoms with Crippen LogP contribution >= 0.6 is 0 Å². The Labute approximate surface area is 135 Å². The van der Waals surface area contributed by atoms with Gasteiger partial charge in [0.2, 0.25) is 0 Å². The molecule has 0 saturated heterocycles. The summed E-state index contributed by atoms with van der Waals surface area (Å²) in [5.41, 5.74) is 0.782. The minimum absolute atomic E-state index is 0.0384. The molecule has 0 unspecified atom stereocenters. The van der Waals surface area contributed by atoms with Crippen LogP contribution < -0.4 is 5.63 Å². The summed E-state index contributed by atoms with van der Waals surface area (Å²) in [5.74, 6) is -0.824. The Morgan fingerprint density at radius 2 is 1.58 bits per heavy atom. The van der Waals surface area contributed by atoms with Crippen LogP contribution in [0.5, 0.6) is 5.75 Å². The highest BCUT2D eigenvalue weighted by Gasteiger charge is 2.35. The monoisotopic (exact) mass is 321 g/mol. The quantitative estimate of drug-likeness (QED) is 0.578. The molecule has 4 rings (SSSR count). The van der Waals surface area contributed by atoms with Gasteiger partial charge in [-0.2, -0.15) is 0 Å². The highest BCUT2D eigenvalue weighted by molar-refractivity contribution is 6.21. The first kappa shape index (κ1) is 14.2. The molecule has 24 heavy (non-hydrogen) atoms. The third-order valence-electron chi connectivity index (χ3n) is 4.02. The Balaban J connectivity index is 1.80. The number of carbonyl (C=O) groups is 2. The van der Waals surface area contributed by atoms with E-state index in [0.29, 0.717) is 22.1 Å². The van der Waals surface area contributed by atoms with Gasteiger partial charge in [0.25, 0.3) is 11.8 Å². The summed E-state index contributed by atoms with van der Waals surface area (Å²) >= 11 is 0. The highest BCUT2D eigenvalue weighted by atomic mass is 16.4. The Bertz CT molecular complexity index is 1030. The molecular formula is C18H11NO5. The van der Waals surface area contributed by atoms with Crippen molar-refractivity contribution < 1.29 is 19.1 Å². The number of phenols is 1. The Morgan fingerprint density at radius 3 is 2.25 bits per heavy atom. The van der Waals surface area contributed by atoms with Crippen molar-refractivity contribution in [3.05, 3.63) is 75.6 Å². The molecule has 0 aliphatic carbocycles. The molecule has 2 aromatic carbocycles. The summed E-state index contributed by atoms with van der Waals surface area (Å²) in [6.07, 6.45) is 0. The lowest BCUT2D eigenvalue weighted by atomic mass is 10.1. The summed E-state index contributed by atoms with van der Waals surface area (Å²) in [7, 11) is 0. The summed E-state index contributed by atoms with van der Waals surface area (Å²) in [5, 5.41) is 10.1. The number of carbonyl (C=O) groups excluding carboxylic acids is 2. The van der Waals surface area contributed by atoms with Crippen LogP contribution in [0, 0.1) is 0 Å². The normalized spacial score (nSPS) is 13.6.